The van der Waals surface area contributed by atoms with E-state index in [0.29, 0.717) is 12.5 Å². The molecule has 0 radical (unpaired) electrons. The normalized spacial score (nSPS) is 14.1. The number of rotatable bonds is 2. The minimum atomic E-state index is 0.0986. The molecule has 0 saturated carbocycles. The number of nitrogens with one attached hydrogen (secondary N) is 2. The van der Waals surface area contributed by atoms with Crippen molar-refractivity contribution < 1.29 is 0 Å². The molecule has 4 heteroatoms. The van der Waals surface area contributed by atoms with Crippen LogP contribution in [0.1, 0.15) is 25.0 Å². The van der Waals surface area contributed by atoms with Crippen molar-refractivity contribution in [3.63, 3.8) is 0 Å². The maximum absolute atomic E-state index is 7.38. The highest BCUT2D eigenvalue weighted by Crippen LogP contribution is 2.23. The van der Waals surface area contributed by atoms with Gasteiger partial charge in [-0.15, -0.1) is 0 Å². The van der Waals surface area contributed by atoms with E-state index in [4.69, 9.17) is 11.1 Å². The summed E-state index contributed by atoms with van der Waals surface area (Å²) in [6, 6.07) is 5.74. The molecule has 1 aromatic carbocycles. The summed E-state index contributed by atoms with van der Waals surface area (Å²) in [4.78, 5) is 4.46. The van der Waals surface area contributed by atoms with E-state index >= 15 is 0 Å². The highest BCUT2D eigenvalue weighted by atomic mass is 15.0. The molecule has 4 N–H and O–H groups in total. The standard InChI is InChI=1S/C12H16N4/c1-7(2)12-15-6-9-5-8(11(13)14)3-4-10(9)16-12/h3-5,7H,6H2,1-2H3,(H3,13,14)(H,15,16). The molecule has 1 aliphatic rings. The number of nitrogen functional groups attached to an aromatic ring is 1. The molecule has 4 nitrogen and oxygen atoms in total. The number of aliphatic imine (C=N–C) groups is 1. The second-order valence-electron chi connectivity index (χ2n) is 4.27. The first kappa shape index (κ1) is 10.7. The Labute approximate surface area is 95.1 Å². The largest absolute Gasteiger partial charge is 0.384 e. The highest BCUT2D eigenvalue weighted by Gasteiger charge is 2.14. The Morgan fingerprint density at radius 3 is 2.88 bits per heavy atom. The van der Waals surface area contributed by atoms with Gasteiger partial charge in [-0.3, -0.25) is 10.4 Å². The van der Waals surface area contributed by atoms with Crippen LogP contribution in [0.25, 0.3) is 0 Å². The van der Waals surface area contributed by atoms with E-state index in [1.165, 1.54) is 0 Å². The Kier molecular flexibility index (Phi) is 2.64. The predicted molar refractivity (Wildman–Crippen MR) is 67.1 cm³/mol. The van der Waals surface area contributed by atoms with Crippen LogP contribution in [0.2, 0.25) is 0 Å². The molecule has 84 valence electrons. The SMILES string of the molecule is CC(C)C1=NCc2cc(C(=N)N)ccc2N1. The summed E-state index contributed by atoms with van der Waals surface area (Å²) in [5.74, 6) is 1.52. The minimum Gasteiger partial charge on any atom is -0.384 e. The summed E-state index contributed by atoms with van der Waals surface area (Å²) in [5, 5.41) is 10.7. The van der Waals surface area contributed by atoms with Crippen LogP contribution in [0, 0.1) is 11.3 Å². The van der Waals surface area contributed by atoms with Gasteiger partial charge in [0.25, 0.3) is 0 Å². The first-order valence-electron chi connectivity index (χ1n) is 5.36. The van der Waals surface area contributed by atoms with Gasteiger partial charge in [0.1, 0.15) is 11.7 Å². The average molecular weight is 216 g/mol. The van der Waals surface area contributed by atoms with Gasteiger partial charge in [-0.1, -0.05) is 13.8 Å². The van der Waals surface area contributed by atoms with E-state index in [2.05, 4.69) is 24.2 Å². The average Bonchev–Trinajstić information content (AvgIpc) is 2.27. The number of nitrogens with two attached hydrogens (primary N) is 1. The molecule has 0 fully saturated rings. The number of hydrogen-bond donors (Lipinski definition) is 3. The third-order valence-electron chi connectivity index (χ3n) is 2.65. The van der Waals surface area contributed by atoms with Crippen LogP contribution < -0.4 is 11.1 Å². The molecule has 0 bridgehead atoms. The van der Waals surface area contributed by atoms with E-state index in [-0.39, 0.29) is 5.84 Å². The number of anilines is 1. The van der Waals surface area contributed by atoms with Crippen molar-refractivity contribution in [2.24, 2.45) is 16.6 Å². The molecule has 0 aliphatic carbocycles. The quantitative estimate of drug-likeness (QED) is 0.522. The van der Waals surface area contributed by atoms with E-state index in [1.54, 1.807) is 0 Å². The van der Waals surface area contributed by atoms with Gasteiger partial charge in [-0.2, -0.15) is 0 Å². The molecule has 1 heterocycles. The summed E-state index contributed by atoms with van der Waals surface area (Å²) in [6.07, 6.45) is 0. The Bertz CT molecular complexity index is 460. The fourth-order valence-corrected chi connectivity index (χ4v) is 1.69. The maximum atomic E-state index is 7.38. The molecule has 16 heavy (non-hydrogen) atoms. The van der Waals surface area contributed by atoms with Crippen molar-refractivity contribution in [2.45, 2.75) is 20.4 Å². The van der Waals surface area contributed by atoms with Crippen molar-refractivity contribution in [3.8, 4) is 0 Å². The van der Waals surface area contributed by atoms with Gasteiger partial charge in [0, 0.05) is 17.2 Å². The van der Waals surface area contributed by atoms with Crippen molar-refractivity contribution in [1.29, 1.82) is 5.41 Å². The van der Waals surface area contributed by atoms with Crippen molar-refractivity contribution in [1.82, 2.24) is 0 Å². The van der Waals surface area contributed by atoms with E-state index in [0.717, 1.165) is 22.6 Å². The van der Waals surface area contributed by atoms with Crippen LogP contribution in [-0.2, 0) is 6.54 Å². The summed E-state index contributed by atoms with van der Waals surface area (Å²) in [5.41, 5.74) is 8.37. The van der Waals surface area contributed by atoms with E-state index in [9.17, 15) is 0 Å². The number of amidine groups is 2. The van der Waals surface area contributed by atoms with Crippen LogP contribution in [-0.4, -0.2) is 11.7 Å². The summed E-state index contributed by atoms with van der Waals surface area (Å²) in [6.45, 7) is 4.89. The van der Waals surface area contributed by atoms with Crippen LogP contribution in [0.4, 0.5) is 5.69 Å². The van der Waals surface area contributed by atoms with Gasteiger partial charge in [-0.05, 0) is 23.8 Å². The first-order chi connectivity index (χ1) is 7.58. The Hall–Kier alpha value is -1.84. The van der Waals surface area contributed by atoms with Gasteiger partial charge < -0.3 is 11.1 Å². The molecule has 1 aliphatic heterocycles. The number of benzene rings is 1. The highest BCUT2D eigenvalue weighted by molar-refractivity contribution is 6.00. The molecule has 0 atom stereocenters. The summed E-state index contributed by atoms with van der Waals surface area (Å²) in [7, 11) is 0. The fourth-order valence-electron chi connectivity index (χ4n) is 1.69. The summed E-state index contributed by atoms with van der Waals surface area (Å²) < 4.78 is 0. The van der Waals surface area contributed by atoms with Gasteiger partial charge in [0.2, 0.25) is 0 Å². The molecule has 1 aromatic rings. The Morgan fingerprint density at radius 1 is 1.50 bits per heavy atom. The van der Waals surface area contributed by atoms with Crippen molar-refractivity contribution in [2.75, 3.05) is 5.32 Å². The monoisotopic (exact) mass is 216 g/mol. The third kappa shape index (κ3) is 1.91. The topological polar surface area (TPSA) is 74.3 Å². The predicted octanol–water partition coefficient (Wildman–Crippen LogP) is 1.95. The Morgan fingerprint density at radius 2 is 2.25 bits per heavy atom. The minimum absolute atomic E-state index is 0.0986. The molecule has 2 rings (SSSR count). The molecule has 0 amide bonds. The van der Waals surface area contributed by atoms with E-state index in [1.807, 2.05) is 18.2 Å². The smallest absolute Gasteiger partial charge is 0.122 e. The molecular weight excluding hydrogens is 200 g/mol. The second kappa shape index (κ2) is 3.96. The molecule has 0 saturated heterocycles. The zero-order valence-corrected chi connectivity index (χ0v) is 9.54. The maximum Gasteiger partial charge on any atom is 0.122 e. The van der Waals surface area contributed by atoms with Gasteiger partial charge >= 0.3 is 0 Å². The fraction of sp³-hybridized carbons (Fsp3) is 0.333. The lowest BCUT2D eigenvalue weighted by Gasteiger charge is -2.21. The van der Waals surface area contributed by atoms with Crippen molar-refractivity contribution >= 4 is 17.4 Å². The van der Waals surface area contributed by atoms with Crippen LogP contribution in [0.15, 0.2) is 23.2 Å². The zero-order chi connectivity index (χ0) is 11.7. The molecule has 0 unspecified atom stereocenters. The third-order valence-corrected chi connectivity index (χ3v) is 2.65. The van der Waals surface area contributed by atoms with Gasteiger partial charge in [0.15, 0.2) is 0 Å². The number of fused-ring (bicyclic) bond motifs is 1. The van der Waals surface area contributed by atoms with E-state index < -0.39 is 0 Å². The van der Waals surface area contributed by atoms with Crippen LogP contribution in [0.3, 0.4) is 0 Å². The molecular formula is C12H16N4. The summed E-state index contributed by atoms with van der Waals surface area (Å²) >= 11 is 0. The second-order valence-corrected chi connectivity index (χ2v) is 4.27. The van der Waals surface area contributed by atoms with Crippen LogP contribution in [0.5, 0.6) is 0 Å². The van der Waals surface area contributed by atoms with Gasteiger partial charge in [0.05, 0.1) is 6.54 Å². The lowest BCUT2D eigenvalue weighted by molar-refractivity contribution is 0.855. The number of nitrogens with zero attached hydrogens (tertiary/aromatic N) is 1. The van der Waals surface area contributed by atoms with Gasteiger partial charge in [-0.25, -0.2) is 0 Å². The lowest BCUT2D eigenvalue weighted by atomic mass is 10.0. The lowest BCUT2D eigenvalue weighted by Crippen LogP contribution is -2.23. The van der Waals surface area contributed by atoms with Crippen LogP contribution >= 0.6 is 0 Å². The van der Waals surface area contributed by atoms with Crippen molar-refractivity contribution in [3.05, 3.63) is 29.3 Å². The Balaban J connectivity index is 2.31. The zero-order valence-electron chi connectivity index (χ0n) is 9.54. The number of hydrogen-bond acceptors (Lipinski definition) is 3. The molecule has 0 aromatic heterocycles. The molecule has 0 spiro atoms. The first-order valence-corrected chi connectivity index (χ1v) is 5.36.